The Balaban J connectivity index is 1.89. The summed E-state index contributed by atoms with van der Waals surface area (Å²) in [7, 11) is 1.65. The molecule has 0 atom stereocenters. The van der Waals surface area contributed by atoms with Crippen LogP contribution in [-0.2, 0) is 6.54 Å². The molecule has 23 heavy (non-hydrogen) atoms. The van der Waals surface area contributed by atoms with Crippen LogP contribution in [0.15, 0.2) is 35.8 Å². The average Bonchev–Trinajstić information content (AvgIpc) is 2.95. The van der Waals surface area contributed by atoms with Gasteiger partial charge in [0, 0.05) is 18.1 Å². The summed E-state index contributed by atoms with van der Waals surface area (Å²) in [6, 6.07) is 7.85. The quantitative estimate of drug-likeness (QED) is 0.753. The standard InChI is InChI=1S/C17H17N3O2S/c1-10-9-23-15-13(16(18)21)8-20-17(14(10)15)19-7-11-3-5-12(22-2)6-4-11/h3-6,8-9H,7H2,1-2H3,(H2,18,21)(H,19,20). The maximum atomic E-state index is 11.5. The number of anilines is 1. The Labute approximate surface area is 138 Å². The van der Waals surface area contributed by atoms with Crippen LogP contribution in [0.25, 0.3) is 10.1 Å². The SMILES string of the molecule is COc1ccc(CNc2ncc(C(N)=O)c3scc(C)c23)cc1. The second-order valence-corrected chi connectivity index (χ2v) is 6.09. The highest BCUT2D eigenvalue weighted by Crippen LogP contribution is 2.33. The second-order valence-electron chi connectivity index (χ2n) is 5.21. The Morgan fingerprint density at radius 2 is 2.09 bits per heavy atom. The molecule has 1 amide bonds. The zero-order valence-corrected chi connectivity index (χ0v) is 13.7. The van der Waals surface area contributed by atoms with Gasteiger partial charge in [0.2, 0.25) is 0 Å². The summed E-state index contributed by atoms with van der Waals surface area (Å²) in [5, 5.41) is 6.31. The van der Waals surface area contributed by atoms with Crippen LogP contribution in [0.1, 0.15) is 21.5 Å². The molecule has 3 N–H and O–H groups in total. The number of benzene rings is 1. The summed E-state index contributed by atoms with van der Waals surface area (Å²) in [4.78, 5) is 15.9. The van der Waals surface area contributed by atoms with Gasteiger partial charge in [-0.2, -0.15) is 0 Å². The molecule has 0 spiro atoms. The van der Waals surface area contributed by atoms with Gasteiger partial charge in [-0.15, -0.1) is 11.3 Å². The molecule has 2 aromatic heterocycles. The number of nitrogens with two attached hydrogens (primary N) is 1. The topological polar surface area (TPSA) is 77.2 Å². The maximum absolute atomic E-state index is 11.5. The first-order valence-corrected chi connectivity index (χ1v) is 8.01. The van der Waals surface area contributed by atoms with E-state index in [1.165, 1.54) is 17.5 Å². The fourth-order valence-electron chi connectivity index (χ4n) is 2.43. The van der Waals surface area contributed by atoms with E-state index < -0.39 is 5.91 Å². The van der Waals surface area contributed by atoms with Gasteiger partial charge in [0.1, 0.15) is 11.6 Å². The molecule has 3 rings (SSSR count). The lowest BCUT2D eigenvalue weighted by molar-refractivity contribution is 0.100. The van der Waals surface area contributed by atoms with Gasteiger partial charge >= 0.3 is 0 Å². The molecule has 3 aromatic rings. The molecule has 0 aliphatic carbocycles. The van der Waals surface area contributed by atoms with E-state index in [-0.39, 0.29) is 0 Å². The lowest BCUT2D eigenvalue weighted by Crippen LogP contribution is -2.12. The first kappa shape index (κ1) is 15.3. The van der Waals surface area contributed by atoms with E-state index in [0.29, 0.717) is 12.1 Å². The fraction of sp³-hybridized carbons (Fsp3) is 0.176. The number of pyridine rings is 1. The molecule has 118 valence electrons. The molecule has 0 aliphatic rings. The number of nitrogens with zero attached hydrogens (tertiary/aromatic N) is 1. The van der Waals surface area contributed by atoms with Crippen LogP contribution in [-0.4, -0.2) is 18.0 Å². The largest absolute Gasteiger partial charge is 0.497 e. The van der Waals surface area contributed by atoms with E-state index in [1.54, 1.807) is 7.11 Å². The number of methoxy groups -OCH3 is 1. The Morgan fingerprint density at radius 3 is 2.74 bits per heavy atom. The molecule has 0 unspecified atom stereocenters. The van der Waals surface area contributed by atoms with Gasteiger partial charge in [0.15, 0.2) is 0 Å². The minimum absolute atomic E-state index is 0.453. The normalized spacial score (nSPS) is 10.7. The van der Waals surface area contributed by atoms with Gasteiger partial charge in [-0.1, -0.05) is 12.1 Å². The lowest BCUT2D eigenvalue weighted by Gasteiger charge is -2.10. The molecule has 5 nitrogen and oxygen atoms in total. The number of ether oxygens (including phenoxy) is 1. The van der Waals surface area contributed by atoms with Crippen molar-refractivity contribution in [2.24, 2.45) is 5.73 Å². The van der Waals surface area contributed by atoms with Crippen molar-refractivity contribution < 1.29 is 9.53 Å². The van der Waals surface area contributed by atoms with Crippen molar-refractivity contribution in [1.29, 1.82) is 0 Å². The third-order valence-corrected chi connectivity index (χ3v) is 4.79. The van der Waals surface area contributed by atoms with Crippen molar-refractivity contribution in [3.63, 3.8) is 0 Å². The number of primary amides is 1. The van der Waals surface area contributed by atoms with Gasteiger partial charge in [-0.05, 0) is 35.6 Å². The number of aryl methyl sites for hydroxylation is 1. The summed E-state index contributed by atoms with van der Waals surface area (Å²) >= 11 is 1.51. The van der Waals surface area contributed by atoms with Crippen LogP contribution < -0.4 is 15.8 Å². The summed E-state index contributed by atoms with van der Waals surface area (Å²) in [6.45, 7) is 2.64. The number of hydrogen-bond donors (Lipinski definition) is 2. The minimum Gasteiger partial charge on any atom is -0.497 e. The molecule has 0 radical (unpaired) electrons. The number of thiophene rings is 1. The number of carbonyl (C=O) groups is 1. The average molecular weight is 327 g/mol. The highest BCUT2D eigenvalue weighted by molar-refractivity contribution is 7.17. The number of nitrogens with one attached hydrogen (secondary N) is 1. The molecule has 1 aromatic carbocycles. The van der Waals surface area contributed by atoms with Gasteiger partial charge in [-0.25, -0.2) is 4.98 Å². The number of rotatable bonds is 5. The Morgan fingerprint density at radius 1 is 1.35 bits per heavy atom. The molecule has 0 aliphatic heterocycles. The lowest BCUT2D eigenvalue weighted by atomic mass is 10.1. The van der Waals surface area contributed by atoms with E-state index in [4.69, 9.17) is 10.5 Å². The Bertz CT molecular complexity index is 856. The number of aromatic nitrogens is 1. The first-order valence-electron chi connectivity index (χ1n) is 7.13. The minimum atomic E-state index is -0.453. The van der Waals surface area contributed by atoms with E-state index in [9.17, 15) is 4.79 Å². The summed E-state index contributed by atoms with van der Waals surface area (Å²) in [5.74, 6) is 1.14. The van der Waals surface area contributed by atoms with Crippen molar-refractivity contribution in [1.82, 2.24) is 4.98 Å². The van der Waals surface area contributed by atoms with Gasteiger partial charge in [0.05, 0.1) is 17.4 Å². The van der Waals surface area contributed by atoms with Crippen molar-refractivity contribution in [3.8, 4) is 5.75 Å². The van der Waals surface area contributed by atoms with Crippen LogP contribution >= 0.6 is 11.3 Å². The van der Waals surface area contributed by atoms with Crippen molar-refractivity contribution in [3.05, 3.63) is 52.5 Å². The predicted molar refractivity (Wildman–Crippen MR) is 93.2 cm³/mol. The molecule has 0 saturated carbocycles. The molecule has 6 heteroatoms. The van der Waals surface area contributed by atoms with E-state index in [2.05, 4.69) is 10.3 Å². The summed E-state index contributed by atoms with van der Waals surface area (Å²) in [5.41, 5.74) is 8.09. The molecular weight excluding hydrogens is 310 g/mol. The molecular formula is C17H17N3O2S. The number of carbonyl (C=O) groups excluding carboxylic acids is 1. The molecule has 2 heterocycles. The predicted octanol–water partition coefficient (Wildman–Crippen LogP) is 3.32. The molecule has 0 saturated heterocycles. The van der Waals surface area contributed by atoms with E-state index in [0.717, 1.165) is 32.8 Å². The summed E-state index contributed by atoms with van der Waals surface area (Å²) < 4.78 is 6.03. The van der Waals surface area contributed by atoms with Crippen molar-refractivity contribution in [2.75, 3.05) is 12.4 Å². The molecule has 0 bridgehead atoms. The Hall–Kier alpha value is -2.60. The van der Waals surface area contributed by atoms with Crippen LogP contribution in [0.5, 0.6) is 5.75 Å². The number of hydrogen-bond acceptors (Lipinski definition) is 5. The summed E-state index contributed by atoms with van der Waals surface area (Å²) in [6.07, 6.45) is 1.54. The van der Waals surface area contributed by atoms with E-state index >= 15 is 0 Å². The zero-order valence-electron chi connectivity index (χ0n) is 12.9. The van der Waals surface area contributed by atoms with Crippen LogP contribution in [0, 0.1) is 6.92 Å². The zero-order chi connectivity index (χ0) is 16.4. The van der Waals surface area contributed by atoms with Crippen LogP contribution in [0.2, 0.25) is 0 Å². The smallest absolute Gasteiger partial charge is 0.251 e. The fourth-order valence-corrected chi connectivity index (χ4v) is 3.50. The third kappa shape index (κ3) is 2.98. The van der Waals surface area contributed by atoms with Gasteiger partial charge in [-0.3, -0.25) is 4.79 Å². The van der Waals surface area contributed by atoms with Gasteiger partial charge in [0.25, 0.3) is 5.91 Å². The molecule has 0 fully saturated rings. The number of amides is 1. The highest BCUT2D eigenvalue weighted by Gasteiger charge is 2.14. The Kier molecular flexibility index (Phi) is 4.16. The monoisotopic (exact) mass is 327 g/mol. The second kappa shape index (κ2) is 6.26. The van der Waals surface area contributed by atoms with Crippen LogP contribution in [0.3, 0.4) is 0 Å². The maximum Gasteiger partial charge on any atom is 0.251 e. The number of fused-ring (bicyclic) bond motifs is 1. The van der Waals surface area contributed by atoms with Crippen molar-refractivity contribution >= 4 is 33.1 Å². The third-order valence-electron chi connectivity index (χ3n) is 3.66. The first-order chi connectivity index (χ1) is 11.1. The van der Waals surface area contributed by atoms with Gasteiger partial charge < -0.3 is 15.8 Å². The van der Waals surface area contributed by atoms with Crippen molar-refractivity contribution in [2.45, 2.75) is 13.5 Å². The van der Waals surface area contributed by atoms with Crippen LogP contribution in [0.4, 0.5) is 5.82 Å². The highest BCUT2D eigenvalue weighted by atomic mass is 32.1. The van der Waals surface area contributed by atoms with E-state index in [1.807, 2.05) is 36.6 Å².